The molecule has 3 heterocycles. The Hall–Kier alpha value is -2.02. The molecule has 0 radical (unpaired) electrons. The van der Waals surface area contributed by atoms with Gasteiger partial charge in [0.25, 0.3) is 5.91 Å². The highest BCUT2D eigenvalue weighted by atomic mass is 32.1. The lowest BCUT2D eigenvalue weighted by atomic mass is 9.89. The molecule has 1 aromatic carbocycles. The van der Waals surface area contributed by atoms with E-state index < -0.39 is 11.6 Å². The zero-order valence-corrected chi connectivity index (χ0v) is 16.2. The maximum Gasteiger partial charge on any atom is 0.250 e. The second kappa shape index (κ2) is 7.19. The van der Waals surface area contributed by atoms with Crippen LogP contribution in [0.5, 0.6) is 0 Å². The number of aryl methyl sites for hydroxylation is 1. The summed E-state index contributed by atoms with van der Waals surface area (Å²) in [6, 6.07) is 11.2. The van der Waals surface area contributed by atoms with Crippen molar-refractivity contribution in [2.75, 3.05) is 18.0 Å². The van der Waals surface area contributed by atoms with Crippen LogP contribution in [0.3, 0.4) is 0 Å². The number of hydrogen-bond acceptors (Lipinski definition) is 5. The second-order valence-corrected chi connectivity index (χ2v) is 8.36. The number of anilines is 1. The molecule has 5 nitrogen and oxygen atoms in total. The Morgan fingerprint density at radius 3 is 2.59 bits per heavy atom. The van der Waals surface area contributed by atoms with Crippen LogP contribution in [0, 0.1) is 0 Å². The zero-order valence-electron chi connectivity index (χ0n) is 15.4. The van der Waals surface area contributed by atoms with Gasteiger partial charge in [-0.2, -0.15) is 0 Å². The summed E-state index contributed by atoms with van der Waals surface area (Å²) in [6.07, 6.45) is 2.24. The SMILES string of the molecule is CC(C(=O)N1C(=O)CCc2ccccc21)N1CCC(O)(c2cccs2)CC1. The summed E-state index contributed by atoms with van der Waals surface area (Å²) in [5.41, 5.74) is 0.960. The number of fused-ring (bicyclic) bond motifs is 1. The van der Waals surface area contributed by atoms with Crippen molar-refractivity contribution in [3.8, 4) is 0 Å². The van der Waals surface area contributed by atoms with Crippen LogP contribution in [-0.4, -0.2) is 41.0 Å². The number of likely N-dealkylation sites (tertiary alicyclic amines) is 1. The number of amides is 2. The van der Waals surface area contributed by atoms with Gasteiger partial charge in [0.2, 0.25) is 5.91 Å². The van der Waals surface area contributed by atoms with E-state index >= 15 is 0 Å². The fourth-order valence-corrected chi connectivity index (χ4v) is 4.97. The number of aliphatic hydroxyl groups is 1. The minimum absolute atomic E-state index is 0.127. The lowest BCUT2D eigenvalue weighted by Gasteiger charge is -2.41. The van der Waals surface area contributed by atoms with E-state index in [1.54, 1.807) is 11.3 Å². The van der Waals surface area contributed by atoms with Gasteiger partial charge in [-0.25, -0.2) is 4.90 Å². The monoisotopic (exact) mass is 384 g/mol. The first-order chi connectivity index (χ1) is 13.0. The predicted octanol–water partition coefficient (Wildman–Crippen LogP) is 2.93. The molecule has 0 spiro atoms. The number of hydrogen-bond donors (Lipinski definition) is 1. The summed E-state index contributed by atoms with van der Waals surface area (Å²) in [4.78, 5) is 30.1. The van der Waals surface area contributed by atoms with Crippen LogP contribution in [0.4, 0.5) is 5.69 Å². The van der Waals surface area contributed by atoms with Gasteiger partial charge < -0.3 is 5.11 Å². The Morgan fingerprint density at radius 2 is 1.89 bits per heavy atom. The predicted molar refractivity (Wildman–Crippen MR) is 106 cm³/mol. The summed E-state index contributed by atoms with van der Waals surface area (Å²) in [6.45, 7) is 3.12. The van der Waals surface area contributed by atoms with Crippen molar-refractivity contribution in [3.63, 3.8) is 0 Å². The number of carbonyl (C=O) groups is 2. The number of thiophene rings is 1. The van der Waals surface area contributed by atoms with Crippen molar-refractivity contribution in [2.45, 2.75) is 44.2 Å². The third kappa shape index (κ3) is 3.33. The number of nitrogens with zero attached hydrogens (tertiary/aromatic N) is 2. The molecule has 0 aliphatic carbocycles. The Bertz CT molecular complexity index is 841. The van der Waals surface area contributed by atoms with Crippen LogP contribution >= 0.6 is 11.3 Å². The fraction of sp³-hybridized carbons (Fsp3) is 0.429. The molecular formula is C21H24N2O3S. The average molecular weight is 385 g/mol. The maximum atomic E-state index is 13.2. The molecule has 142 valence electrons. The van der Waals surface area contributed by atoms with Gasteiger partial charge in [-0.1, -0.05) is 24.3 Å². The molecule has 1 fully saturated rings. The minimum atomic E-state index is -0.805. The maximum absolute atomic E-state index is 13.2. The van der Waals surface area contributed by atoms with Crippen molar-refractivity contribution in [1.82, 2.24) is 4.90 Å². The van der Waals surface area contributed by atoms with Crippen LogP contribution < -0.4 is 4.90 Å². The zero-order chi connectivity index (χ0) is 19.0. The van der Waals surface area contributed by atoms with Gasteiger partial charge in [0.05, 0.1) is 11.7 Å². The van der Waals surface area contributed by atoms with Crippen LogP contribution in [0.25, 0.3) is 0 Å². The largest absolute Gasteiger partial charge is 0.384 e. The Kier molecular flexibility index (Phi) is 4.88. The van der Waals surface area contributed by atoms with E-state index in [1.165, 1.54) is 4.90 Å². The van der Waals surface area contributed by atoms with Gasteiger partial charge in [0, 0.05) is 24.4 Å². The first-order valence-electron chi connectivity index (χ1n) is 9.45. The lowest BCUT2D eigenvalue weighted by Crippen LogP contribution is -2.54. The number of rotatable bonds is 3. The fourth-order valence-electron chi connectivity index (χ4n) is 4.08. The average Bonchev–Trinajstić information content (AvgIpc) is 3.23. The van der Waals surface area contributed by atoms with Gasteiger partial charge in [-0.05, 0) is 49.3 Å². The standard InChI is InChI=1S/C21H24N2O3S/c1-15(22-12-10-21(26,11-13-22)18-7-4-14-27-18)20(25)23-17-6-3-2-5-16(17)8-9-19(23)24/h2-7,14-15,26H,8-13H2,1H3. The quantitative estimate of drug-likeness (QED) is 0.884. The third-order valence-corrected chi connectivity index (χ3v) is 6.88. The minimum Gasteiger partial charge on any atom is -0.384 e. The van der Waals surface area contributed by atoms with Crippen molar-refractivity contribution in [3.05, 3.63) is 52.2 Å². The molecular weight excluding hydrogens is 360 g/mol. The van der Waals surface area contributed by atoms with Crippen LogP contribution in [0.2, 0.25) is 0 Å². The molecule has 2 aliphatic rings. The molecule has 2 amide bonds. The molecule has 1 saturated heterocycles. The lowest BCUT2D eigenvalue weighted by molar-refractivity contribution is -0.131. The van der Waals surface area contributed by atoms with Crippen LogP contribution in [0.15, 0.2) is 41.8 Å². The summed E-state index contributed by atoms with van der Waals surface area (Å²) in [5, 5.41) is 12.9. The van der Waals surface area contributed by atoms with Gasteiger partial charge in [-0.15, -0.1) is 11.3 Å². The van der Waals surface area contributed by atoms with E-state index in [9.17, 15) is 14.7 Å². The first kappa shape index (κ1) is 18.3. The summed E-state index contributed by atoms with van der Waals surface area (Å²) in [7, 11) is 0. The van der Waals surface area contributed by atoms with E-state index in [1.807, 2.05) is 48.7 Å². The highest BCUT2D eigenvalue weighted by Gasteiger charge is 2.39. The van der Waals surface area contributed by atoms with Gasteiger partial charge in [0.1, 0.15) is 5.60 Å². The van der Waals surface area contributed by atoms with Crippen LogP contribution in [0.1, 0.15) is 36.6 Å². The molecule has 2 aromatic rings. The highest BCUT2D eigenvalue weighted by Crippen LogP contribution is 2.36. The Balaban J connectivity index is 1.48. The number of carbonyl (C=O) groups excluding carboxylic acids is 2. The van der Waals surface area contributed by atoms with Gasteiger partial charge in [-0.3, -0.25) is 14.5 Å². The summed E-state index contributed by atoms with van der Waals surface area (Å²) in [5.74, 6) is -0.300. The second-order valence-electron chi connectivity index (χ2n) is 7.42. The van der Waals surface area contributed by atoms with Gasteiger partial charge in [0.15, 0.2) is 0 Å². The smallest absolute Gasteiger partial charge is 0.250 e. The molecule has 1 N–H and O–H groups in total. The van der Waals surface area contributed by atoms with Crippen molar-refractivity contribution >= 4 is 28.8 Å². The van der Waals surface area contributed by atoms with E-state index in [0.717, 1.165) is 16.1 Å². The number of para-hydroxylation sites is 1. The van der Waals surface area contributed by atoms with E-state index in [0.29, 0.717) is 38.8 Å². The third-order valence-electron chi connectivity index (χ3n) is 5.82. The number of imide groups is 1. The van der Waals surface area contributed by atoms with Gasteiger partial charge >= 0.3 is 0 Å². The van der Waals surface area contributed by atoms with E-state index in [2.05, 4.69) is 4.90 Å². The van der Waals surface area contributed by atoms with Crippen molar-refractivity contribution < 1.29 is 14.7 Å². The first-order valence-corrected chi connectivity index (χ1v) is 10.3. The number of benzene rings is 1. The topological polar surface area (TPSA) is 60.9 Å². The van der Waals surface area contributed by atoms with Crippen molar-refractivity contribution in [2.24, 2.45) is 0 Å². The van der Waals surface area contributed by atoms with E-state index in [4.69, 9.17) is 0 Å². The summed E-state index contributed by atoms with van der Waals surface area (Å²) >= 11 is 1.57. The molecule has 1 unspecified atom stereocenters. The van der Waals surface area contributed by atoms with Crippen LogP contribution in [-0.2, 0) is 21.6 Å². The Labute approximate surface area is 163 Å². The Morgan fingerprint density at radius 1 is 1.15 bits per heavy atom. The molecule has 1 aromatic heterocycles. The molecule has 27 heavy (non-hydrogen) atoms. The molecule has 2 aliphatic heterocycles. The molecule has 0 bridgehead atoms. The highest BCUT2D eigenvalue weighted by molar-refractivity contribution is 7.10. The summed E-state index contributed by atoms with van der Waals surface area (Å²) < 4.78 is 0. The normalized spacial score (nSPS) is 21.0. The van der Waals surface area contributed by atoms with E-state index in [-0.39, 0.29) is 11.8 Å². The molecule has 6 heteroatoms. The molecule has 0 saturated carbocycles. The molecule has 1 atom stereocenters. The molecule has 4 rings (SSSR count). The number of piperidine rings is 1. The van der Waals surface area contributed by atoms with Crippen molar-refractivity contribution in [1.29, 1.82) is 0 Å².